The molecule has 0 spiro atoms. The minimum Gasteiger partial charge on any atom is -0.468 e. The molecule has 3 amide bonds. The van der Waals surface area contributed by atoms with E-state index in [1.807, 2.05) is 26.0 Å². The number of aromatic nitrogens is 2. The highest BCUT2D eigenvalue weighted by atomic mass is 16.6. The Morgan fingerprint density at radius 3 is 2.40 bits per heavy atom. The molecule has 0 aliphatic carbocycles. The van der Waals surface area contributed by atoms with Crippen LogP contribution in [0.25, 0.3) is 11.0 Å². The number of nitrogens with zero attached hydrogens (tertiary/aromatic N) is 5. The van der Waals surface area contributed by atoms with Gasteiger partial charge in [0.25, 0.3) is 5.91 Å². The van der Waals surface area contributed by atoms with Gasteiger partial charge in [-0.3, -0.25) is 14.4 Å². The van der Waals surface area contributed by atoms with E-state index >= 15 is 0 Å². The van der Waals surface area contributed by atoms with Crippen molar-refractivity contribution in [2.24, 2.45) is 11.8 Å². The molecule has 3 heterocycles. The number of morpholine rings is 1. The van der Waals surface area contributed by atoms with Crippen LogP contribution in [0, 0.1) is 11.8 Å². The smallest absolute Gasteiger partial charge is 0.410 e. The number of hydrogen-bond donors (Lipinski definition) is 0. The van der Waals surface area contributed by atoms with E-state index in [2.05, 4.69) is 4.98 Å². The van der Waals surface area contributed by atoms with E-state index in [4.69, 9.17) is 14.2 Å². The third kappa shape index (κ3) is 7.39. The van der Waals surface area contributed by atoms with E-state index in [1.54, 1.807) is 52.2 Å². The summed E-state index contributed by atoms with van der Waals surface area (Å²) in [5.74, 6) is -1.28. The molecule has 2 aliphatic rings. The van der Waals surface area contributed by atoms with Crippen molar-refractivity contribution in [3.8, 4) is 0 Å². The van der Waals surface area contributed by atoms with Crippen LogP contribution in [0.3, 0.4) is 0 Å². The molecule has 0 bridgehead atoms. The first-order valence-electron chi connectivity index (χ1n) is 14.6. The van der Waals surface area contributed by atoms with E-state index in [9.17, 15) is 19.2 Å². The van der Waals surface area contributed by atoms with Gasteiger partial charge in [0.2, 0.25) is 11.7 Å². The van der Waals surface area contributed by atoms with Crippen LogP contribution in [-0.2, 0) is 30.3 Å². The molecule has 1 aromatic carbocycles. The Hall–Kier alpha value is -3.67. The average Bonchev–Trinajstić information content (AvgIpc) is 3.32. The number of esters is 1. The lowest BCUT2D eigenvalue weighted by Crippen LogP contribution is -2.58. The molecule has 0 radical (unpaired) electrons. The summed E-state index contributed by atoms with van der Waals surface area (Å²) in [6.45, 7) is 11.9. The normalized spacial score (nSPS) is 19.6. The highest BCUT2D eigenvalue weighted by Gasteiger charge is 2.42. The number of carbonyl (C=O) groups excluding carboxylic acids is 4. The molecule has 2 aromatic rings. The molecule has 0 saturated carbocycles. The molecule has 0 N–H and O–H groups in total. The van der Waals surface area contributed by atoms with Gasteiger partial charge in [-0.15, -0.1) is 0 Å². The second-order valence-corrected chi connectivity index (χ2v) is 12.3. The van der Waals surface area contributed by atoms with Crippen LogP contribution in [0.2, 0.25) is 0 Å². The Morgan fingerprint density at radius 1 is 1.07 bits per heavy atom. The zero-order chi connectivity index (χ0) is 30.6. The monoisotopic (exact) mass is 585 g/mol. The molecule has 2 fully saturated rings. The van der Waals surface area contributed by atoms with Crippen LogP contribution >= 0.6 is 0 Å². The fraction of sp³-hybridized carbons (Fsp3) is 0.633. The summed E-state index contributed by atoms with van der Waals surface area (Å²) in [4.78, 5) is 63.3. The first-order chi connectivity index (χ1) is 19.9. The molecular weight excluding hydrogens is 542 g/mol. The first kappa shape index (κ1) is 31.3. The van der Waals surface area contributed by atoms with Gasteiger partial charge < -0.3 is 33.5 Å². The molecular formula is C30H43N5O7. The lowest BCUT2D eigenvalue weighted by Gasteiger charge is -2.44. The molecule has 230 valence electrons. The lowest BCUT2D eigenvalue weighted by atomic mass is 9.91. The van der Waals surface area contributed by atoms with Gasteiger partial charge in [0.1, 0.15) is 12.1 Å². The van der Waals surface area contributed by atoms with Crippen molar-refractivity contribution < 1.29 is 33.4 Å². The topological polar surface area (TPSA) is 124 Å². The fourth-order valence-electron chi connectivity index (χ4n) is 5.51. The molecule has 2 saturated heterocycles. The third-order valence-corrected chi connectivity index (χ3v) is 7.38. The van der Waals surface area contributed by atoms with E-state index in [-0.39, 0.29) is 43.2 Å². The van der Waals surface area contributed by atoms with Crippen LogP contribution in [0.5, 0.6) is 0 Å². The molecule has 2 atom stereocenters. The summed E-state index contributed by atoms with van der Waals surface area (Å²) >= 11 is 0. The summed E-state index contributed by atoms with van der Waals surface area (Å²) in [7, 11) is 1.30. The zero-order valence-corrected chi connectivity index (χ0v) is 25.5. The number of likely N-dealkylation sites (tertiary alicyclic amines) is 1. The summed E-state index contributed by atoms with van der Waals surface area (Å²) in [6, 6.07) is 6.74. The minimum absolute atomic E-state index is 0.0635. The minimum atomic E-state index is -0.722. The molecule has 4 rings (SSSR count). The highest BCUT2D eigenvalue weighted by Crippen LogP contribution is 2.28. The van der Waals surface area contributed by atoms with Gasteiger partial charge >= 0.3 is 12.1 Å². The van der Waals surface area contributed by atoms with Crippen molar-refractivity contribution >= 4 is 34.9 Å². The number of hydrogen-bond acceptors (Lipinski definition) is 8. The first-order valence-corrected chi connectivity index (χ1v) is 14.6. The van der Waals surface area contributed by atoms with Crippen molar-refractivity contribution in [3.63, 3.8) is 0 Å². The quantitative estimate of drug-likeness (QED) is 0.455. The molecule has 12 heteroatoms. The van der Waals surface area contributed by atoms with Crippen LogP contribution in [0.1, 0.15) is 51.7 Å². The fourth-order valence-corrected chi connectivity index (χ4v) is 5.51. The zero-order valence-electron chi connectivity index (χ0n) is 25.5. The van der Waals surface area contributed by atoms with Crippen LogP contribution in [0.15, 0.2) is 24.3 Å². The van der Waals surface area contributed by atoms with Crippen LogP contribution < -0.4 is 0 Å². The number of rotatable bonds is 7. The van der Waals surface area contributed by atoms with Crippen molar-refractivity contribution in [3.05, 3.63) is 30.1 Å². The van der Waals surface area contributed by atoms with Crippen molar-refractivity contribution in [2.75, 3.05) is 53.0 Å². The van der Waals surface area contributed by atoms with Gasteiger partial charge in [0, 0.05) is 32.7 Å². The molecule has 0 unspecified atom stereocenters. The largest absolute Gasteiger partial charge is 0.468 e. The van der Waals surface area contributed by atoms with E-state index in [0.29, 0.717) is 50.3 Å². The number of carbonyl (C=O) groups is 4. The highest BCUT2D eigenvalue weighted by molar-refractivity contribution is 5.96. The van der Waals surface area contributed by atoms with Gasteiger partial charge in [0.05, 0.1) is 43.3 Å². The van der Waals surface area contributed by atoms with Crippen LogP contribution in [0.4, 0.5) is 4.79 Å². The number of fused-ring (bicyclic) bond motifs is 1. The number of piperidine rings is 1. The van der Waals surface area contributed by atoms with Gasteiger partial charge in [-0.1, -0.05) is 26.0 Å². The van der Waals surface area contributed by atoms with Crippen molar-refractivity contribution in [1.29, 1.82) is 0 Å². The number of methoxy groups -OCH3 is 1. The van der Waals surface area contributed by atoms with E-state index < -0.39 is 29.6 Å². The van der Waals surface area contributed by atoms with Crippen molar-refractivity contribution in [1.82, 2.24) is 24.3 Å². The SMILES string of the molecule is COC(=O)Cn1c(C(=O)N(CC(C)C)[C@H]2C[C@@H](C(=O)N3CCOCC3)CN(C(=O)OC(C)(C)C)C2)nc2ccccc21. The molecule has 42 heavy (non-hydrogen) atoms. The van der Waals surface area contributed by atoms with E-state index in [0.717, 1.165) is 0 Å². The standard InChI is InChI=1S/C30H43N5O7/c1-20(2)16-34(28(38)26-31-23-9-7-8-10-24(23)35(26)19-25(36)40-6)22-15-21(27(37)32-11-13-41-14-12-32)17-33(18-22)29(39)42-30(3,4)5/h7-10,20-22H,11-19H2,1-6H3/t21-,22+/m1/s1. The number of para-hydroxylation sites is 2. The second-order valence-electron chi connectivity index (χ2n) is 12.3. The molecule has 2 aliphatic heterocycles. The Balaban J connectivity index is 1.71. The summed E-state index contributed by atoms with van der Waals surface area (Å²) in [5, 5.41) is 0. The number of benzene rings is 1. The van der Waals surface area contributed by atoms with Crippen LogP contribution in [-0.4, -0.2) is 113 Å². The number of ether oxygens (including phenoxy) is 3. The van der Waals surface area contributed by atoms with E-state index in [1.165, 1.54) is 7.11 Å². The summed E-state index contributed by atoms with van der Waals surface area (Å²) < 4.78 is 17.6. The molecule has 1 aromatic heterocycles. The Labute approximate surface area is 246 Å². The second kappa shape index (κ2) is 13.1. The van der Waals surface area contributed by atoms with Crippen molar-refractivity contribution in [2.45, 2.75) is 59.2 Å². The predicted molar refractivity (Wildman–Crippen MR) is 155 cm³/mol. The Kier molecular flexibility index (Phi) is 9.75. The average molecular weight is 586 g/mol. The Bertz CT molecular complexity index is 1290. The lowest BCUT2D eigenvalue weighted by molar-refractivity contribution is -0.142. The van der Waals surface area contributed by atoms with Gasteiger partial charge in [-0.25, -0.2) is 9.78 Å². The molecule has 12 nitrogen and oxygen atoms in total. The Morgan fingerprint density at radius 2 is 1.76 bits per heavy atom. The predicted octanol–water partition coefficient (Wildman–Crippen LogP) is 2.79. The maximum atomic E-state index is 14.4. The summed E-state index contributed by atoms with van der Waals surface area (Å²) in [5.41, 5.74) is 0.490. The third-order valence-electron chi connectivity index (χ3n) is 7.38. The summed E-state index contributed by atoms with van der Waals surface area (Å²) in [6.07, 6.45) is -0.146. The van der Waals surface area contributed by atoms with Gasteiger partial charge in [-0.05, 0) is 45.2 Å². The number of imidazole rings is 1. The maximum Gasteiger partial charge on any atom is 0.410 e. The maximum absolute atomic E-state index is 14.4. The number of amides is 3. The van der Waals surface area contributed by atoms with Gasteiger partial charge in [0.15, 0.2) is 0 Å². The van der Waals surface area contributed by atoms with Gasteiger partial charge in [-0.2, -0.15) is 0 Å².